The van der Waals surface area contributed by atoms with Crippen LogP contribution < -0.4 is 4.74 Å². The summed E-state index contributed by atoms with van der Waals surface area (Å²) in [4.78, 5) is 10.9. The van der Waals surface area contributed by atoms with Crippen molar-refractivity contribution in [3.05, 3.63) is 27.7 Å². The molecule has 1 aliphatic rings. The van der Waals surface area contributed by atoms with Crippen molar-refractivity contribution in [2.24, 2.45) is 0 Å². The molecule has 0 spiro atoms. The number of hydrogen-bond acceptors (Lipinski definition) is 2. The van der Waals surface area contributed by atoms with Crippen LogP contribution in [0.5, 0.6) is 5.75 Å². The highest BCUT2D eigenvalue weighted by molar-refractivity contribution is 9.10. The summed E-state index contributed by atoms with van der Waals surface area (Å²) < 4.78 is 6.24. The van der Waals surface area contributed by atoms with Crippen LogP contribution in [0.15, 0.2) is 16.6 Å². The van der Waals surface area contributed by atoms with Gasteiger partial charge < -0.3 is 9.84 Å². The van der Waals surface area contributed by atoms with Gasteiger partial charge in [0.05, 0.1) is 0 Å². The molecular weight excluding hydrogens is 248 g/mol. The van der Waals surface area contributed by atoms with Gasteiger partial charge in [-0.3, -0.25) is 0 Å². The second kappa shape index (κ2) is 3.28. The van der Waals surface area contributed by atoms with Crippen LogP contribution in [-0.2, 0) is 6.42 Å². The standard InChI is InChI=1S/C10H9BrO3/c1-5-2-6-3-7(11)4-8(10(12)13)9(6)14-5/h3-5H,2H2,1H3,(H,12,13)/t5-/m1/s1. The van der Waals surface area contributed by atoms with Crippen molar-refractivity contribution >= 4 is 21.9 Å². The van der Waals surface area contributed by atoms with Crippen LogP contribution in [0.2, 0.25) is 0 Å². The third-order valence-electron chi connectivity index (χ3n) is 2.19. The van der Waals surface area contributed by atoms with Crippen molar-refractivity contribution in [1.29, 1.82) is 0 Å². The number of ether oxygens (including phenoxy) is 1. The maximum absolute atomic E-state index is 10.9. The average Bonchev–Trinajstić information content (AvgIpc) is 2.42. The molecule has 0 bridgehead atoms. The normalized spacial score (nSPS) is 18.9. The molecule has 74 valence electrons. The number of carboxylic acids is 1. The Morgan fingerprint density at radius 3 is 3.00 bits per heavy atom. The summed E-state index contributed by atoms with van der Waals surface area (Å²) in [5.74, 6) is -0.426. The van der Waals surface area contributed by atoms with E-state index in [1.54, 1.807) is 6.07 Å². The zero-order valence-electron chi connectivity index (χ0n) is 7.58. The molecule has 3 nitrogen and oxygen atoms in total. The van der Waals surface area contributed by atoms with Crippen molar-refractivity contribution in [3.8, 4) is 5.75 Å². The van der Waals surface area contributed by atoms with Gasteiger partial charge in [-0.25, -0.2) is 4.79 Å². The first-order valence-electron chi connectivity index (χ1n) is 4.30. The van der Waals surface area contributed by atoms with Crippen LogP contribution in [0.3, 0.4) is 0 Å². The van der Waals surface area contributed by atoms with E-state index in [9.17, 15) is 4.79 Å². The van der Waals surface area contributed by atoms with Gasteiger partial charge in [0.25, 0.3) is 0 Å². The van der Waals surface area contributed by atoms with Crippen LogP contribution in [0, 0.1) is 0 Å². The van der Waals surface area contributed by atoms with Gasteiger partial charge in [0.1, 0.15) is 17.4 Å². The van der Waals surface area contributed by atoms with Crippen molar-refractivity contribution < 1.29 is 14.6 Å². The fourth-order valence-corrected chi connectivity index (χ4v) is 2.16. The minimum absolute atomic E-state index is 0.0670. The summed E-state index contributed by atoms with van der Waals surface area (Å²) >= 11 is 3.29. The predicted molar refractivity (Wildman–Crippen MR) is 54.9 cm³/mol. The molecule has 1 heterocycles. The summed E-state index contributed by atoms with van der Waals surface area (Å²) in [6.45, 7) is 1.93. The largest absolute Gasteiger partial charge is 0.489 e. The first kappa shape index (κ1) is 9.52. The van der Waals surface area contributed by atoms with E-state index in [1.165, 1.54) is 0 Å². The molecule has 2 rings (SSSR count). The van der Waals surface area contributed by atoms with Crippen molar-refractivity contribution in [3.63, 3.8) is 0 Å². The van der Waals surface area contributed by atoms with Gasteiger partial charge in [-0.05, 0) is 24.6 Å². The molecule has 0 unspecified atom stereocenters. The van der Waals surface area contributed by atoms with E-state index in [4.69, 9.17) is 9.84 Å². The fraction of sp³-hybridized carbons (Fsp3) is 0.300. The van der Waals surface area contributed by atoms with E-state index in [0.717, 1.165) is 16.5 Å². The molecule has 0 saturated heterocycles. The summed E-state index contributed by atoms with van der Waals surface area (Å²) in [5.41, 5.74) is 1.20. The molecule has 1 aromatic carbocycles. The number of carbonyl (C=O) groups is 1. The predicted octanol–water partition coefficient (Wildman–Crippen LogP) is 2.47. The van der Waals surface area contributed by atoms with Gasteiger partial charge in [-0.15, -0.1) is 0 Å². The molecule has 1 N–H and O–H groups in total. The Bertz CT molecular complexity index is 401. The van der Waals surface area contributed by atoms with Gasteiger partial charge in [-0.2, -0.15) is 0 Å². The number of carboxylic acid groups (broad SMARTS) is 1. The van der Waals surface area contributed by atoms with Crippen LogP contribution in [0.4, 0.5) is 0 Å². The smallest absolute Gasteiger partial charge is 0.339 e. The minimum Gasteiger partial charge on any atom is -0.489 e. The topological polar surface area (TPSA) is 46.5 Å². The van der Waals surface area contributed by atoms with Gasteiger partial charge >= 0.3 is 5.97 Å². The second-order valence-corrected chi connectivity index (χ2v) is 4.30. The molecule has 1 aromatic rings. The van der Waals surface area contributed by atoms with E-state index in [0.29, 0.717) is 5.75 Å². The Morgan fingerprint density at radius 1 is 1.64 bits per heavy atom. The van der Waals surface area contributed by atoms with Crippen molar-refractivity contribution in [1.82, 2.24) is 0 Å². The molecule has 0 aliphatic carbocycles. The van der Waals surface area contributed by atoms with Gasteiger partial charge in [-0.1, -0.05) is 15.9 Å². The summed E-state index contributed by atoms with van der Waals surface area (Å²) in [6, 6.07) is 3.48. The molecule has 0 fully saturated rings. The lowest BCUT2D eigenvalue weighted by Gasteiger charge is -2.06. The number of rotatable bonds is 1. The number of benzene rings is 1. The fourth-order valence-electron chi connectivity index (χ4n) is 1.65. The number of hydrogen-bond donors (Lipinski definition) is 1. The lowest BCUT2D eigenvalue weighted by molar-refractivity contribution is 0.0691. The maximum atomic E-state index is 10.9. The Labute approximate surface area is 89.8 Å². The zero-order chi connectivity index (χ0) is 10.3. The van der Waals surface area contributed by atoms with Crippen LogP contribution >= 0.6 is 15.9 Å². The van der Waals surface area contributed by atoms with Crippen LogP contribution in [-0.4, -0.2) is 17.2 Å². The van der Waals surface area contributed by atoms with Gasteiger partial charge in [0.15, 0.2) is 0 Å². The average molecular weight is 257 g/mol. The van der Waals surface area contributed by atoms with E-state index in [1.807, 2.05) is 13.0 Å². The summed E-state index contributed by atoms with van der Waals surface area (Å²) in [5, 5.41) is 8.96. The zero-order valence-corrected chi connectivity index (χ0v) is 9.17. The second-order valence-electron chi connectivity index (χ2n) is 3.38. The first-order valence-corrected chi connectivity index (χ1v) is 5.09. The maximum Gasteiger partial charge on any atom is 0.339 e. The quantitative estimate of drug-likeness (QED) is 0.840. The van der Waals surface area contributed by atoms with Crippen LogP contribution in [0.1, 0.15) is 22.8 Å². The summed E-state index contributed by atoms with van der Waals surface area (Å²) in [6.07, 6.45) is 0.840. The Morgan fingerprint density at radius 2 is 2.36 bits per heavy atom. The molecule has 0 amide bonds. The molecule has 1 atom stereocenters. The monoisotopic (exact) mass is 256 g/mol. The highest BCUT2D eigenvalue weighted by atomic mass is 79.9. The highest BCUT2D eigenvalue weighted by Crippen LogP contribution is 2.35. The van der Waals surface area contributed by atoms with Crippen molar-refractivity contribution in [2.75, 3.05) is 0 Å². The lowest BCUT2D eigenvalue weighted by Crippen LogP contribution is -2.07. The lowest BCUT2D eigenvalue weighted by atomic mass is 10.1. The molecule has 1 aliphatic heterocycles. The van der Waals surface area contributed by atoms with E-state index in [-0.39, 0.29) is 11.7 Å². The minimum atomic E-state index is -0.948. The number of fused-ring (bicyclic) bond motifs is 1. The Hall–Kier alpha value is -1.03. The molecule has 0 saturated carbocycles. The SMILES string of the molecule is C[C@@H]1Cc2cc(Br)cc(C(=O)O)c2O1. The van der Waals surface area contributed by atoms with E-state index < -0.39 is 5.97 Å². The first-order chi connectivity index (χ1) is 6.58. The molecule has 14 heavy (non-hydrogen) atoms. The molecular formula is C10H9BrO3. The molecule has 0 radical (unpaired) electrons. The Kier molecular flexibility index (Phi) is 2.23. The third kappa shape index (κ3) is 1.50. The van der Waals surface area contributed by atoms with Gasteiger partial charge in [0.2, 0.25) is 0 Å². The van der Waals surface area contributed by atoms with Crippen LogP contribution in [0.25, 0.3) is 0 Å². The van der Waals surface area contributed by atoms with Crippen molar-refractivity contribution in [2.45, 2.75) is 19.4 Å². The number of aromatic carboxylic acids is 1. The molecule has 4 heteroatoms. The number of halogens is 1. The van der Waals surface area contributed by atoms with E-state index in [2.05, 4.69) is 15.9 Å². The van der Waals surface area contributed by atoms with Gasteiger partial charge in [0, 0.05) is 10.9 Å². The molecule has 0 aromatic heterocycles. The third-order valence-corrected chi connectivity index (χ3v) is 2.65. The summed E-state index contributed by atoms with van der Waals surface area (Å²) in [7, 11) is 0. The highest BCUT2D eigenvalue weighted by Gasteiger charge is 2.25. The van der Waals surface area contributed by atoms with E-state index >= 15 is 0 Å². The Balaban J connectivity index is 2.57.